The minimum Gasteiger partial charge on any atom is -0.334 e. The maximum absolute atomic E-state index is 12.4. The number of hydrogen-bond donors (Lipinski definition) is 1. The molecule has 112 valence electrons. The summed E-state index contributed by atoms with van der Waals surface area (Å²) in [4.78, 5) is 15.9. The minimum atomic E-state index is -4.40. The molecule has 0 unspecified atom stereocenters. The number of pyridine rings is 1. The molecule has 0 aliphatic rings. The van der Waals surface area contributed by atoms with Crippen molar-refractivity contribution in [2.24, 2.45) is 0 Å². The van der Waals surface area contributed by atoms with Crippen LogP contribution in [0.15, 0.2) is 30.6 Å². The predicted molar refractivity (Wildman–Crippen MR) is 72.4 cm³/mol. The summed E-state index contributed by atoms with van der Waals surface area (Å²) in [7, 11) is 0. The second-order valence-electron chi connectivity index (χ2n) is 4.42. The summed E-state index contributed by atoms with van der Waals surface area (Å²) in [6, 6.07) is 4.29. The summed E-state index contributed by atoms with van der Waals surface area (Å²) in [6.07, 6.45) is -1.86. The van der Waals surface area contributed by atoms with Crippen LogP contribution in [0.5, 0.6) is 0 Å². The molecule has 0 aromatic carbocycles. The van der Waals surface area contributed by atoms with Gasteiger partial charge in [-0.15, -0.1) is 0 Å². The molecule has 0 spiro atoms. The molecular formula is C13H11ClF3N3O. The lowest BCUT2D eigenvalue weighted by molar-refractivity contribution is -0.140. The first-order valence-electron chi connectivity index (χ1n) is 5.91. The van der Waals surface area contributed by atoms with Crippen LogP contribution >= 0.6 is 11.6 Å². The highest BCUT2D eigenvalue weighted by Gasteiger charge is 2.29. The van der Waals surface area contributed by atoms with E-state index in [1.807, 2.05) is 0 Å². The molecule has 0 radical (unpaired) electrons. The van der Waals surface area contributed by atoms with Crippen molar-refractivity contribution in [2.75, 3.05) is 5.32 Å². The normalized spacial score (nSPS) is 11.5. The van der Waals surface area contributed by atoms with Crippen LogP contribution in [-0.2, 0) is 6.54 Å². The highest BCUT2D eigenvalue weighted by molar-refractivity contribution is 6.30. The number of aromatic nitrogens is 2. The van der Waals surface area contributed by atoms with Gasteiger partial charge in [0.1, 0.15) is 17.4 Å². The third kappa shape index (κ3) is 3.98. The molecule has 1 N–H and O–H groups in total. The molecule has 8 heteroatoms. The fourth-order valence-electron chi connectivity index (χ4n) is 1.77. The first kappa shape index (κ1) is 15.4. The summed E-state index contributed by atoms with van der Waals surface area (Å²) in [5.74, 6) is -0.646. The number of rotatable bonds is 3. The first-order valence-corrected chi connectivity index (χ1v) is 6.29. The quantitative estimate of drug-likeness (QED) is 0.878. The number of nitrogens with zero attached hydrogens (tertiary/aromatic N) is 2. The van der Waals surface area contributed by atoms with Crippen molar-refractivity contribution in [3.63, 3.8) is 0 Å². The third-order valence-corrected chi connectivity index (χ3v) is 3.08. The smallest absolute Gasteiger partial charge is 0.334 e. The Morgan fingerprint density at radius 2 is 2.19 bits per heavy atom. The lowest BCUT2D eigenvalue weighted by Gasteiger charge is -2.12. The zero-order chi connectivity index (χ0) is 15.6. The fourth-order valence-corrected chi connectivity index (χ4v) is 1.88. The molecule has 2 heterocycles. The number of carbonyl (C=O) groups is 1. The van der Waals surface area contributed by atoms with Crippen LogP contribution < -0.4 is 5.32 Å². The minimum absolute atomic E-state index is 0.0834. The second-order valence-corrected chi connectivity index (χ2v) is 4.78. The molecule has 0 aliphatic heterocycles. The monoisotopic (exact) mass is 317 g/mol. The molecular weight excluding hydrogens is 307 g/mol. The Hall–Kier alpha value is -2.02. The summed E-state index contributed by atoms with van der Waals surface area (Å²) < 4.78 is 38.1. The van der Waals surface area contributed by atoms with E-state index in [1.165, 1.54) is 24.5 Å². The molecule has 4 nitrogen and oxygen atoms in total. The number of nitrogens with one attached hydrogen (secondary N) is 1. The van der Waals surface area contributed by atoms with Crippen molar-refractivity contribution in [3.05, 3.63) is 47.0 Å². The maximum atomic E-state index is 12.4. The molecule has 2 aromatic heterocycles. The Bertz CT molecular complexity index is 667. The number of carbonyl (C=O) groups excluding carboxylic acids is 1. The van der Waals surface area contributed by atoms with Crippen molar-refractivity contribution >= 4 is 23.2 Å². The van der Waals surface area contributed by atoms with Gasteiger partial charge in [-0.25, -0.2) is 4.98 Å². The molecule has 2 aromatic rings. The molecule has 0 saturated heterocycles. The zero-order valence-corrected chi connectivity index (χ0v) is 11.7. The van der Waals surface area contributed by atoms with Gasteiger partial charge in [0.15, 0.2) is 0 Å². The number of amides is 1. The third-order valence-electron chi connectivity index (χ3n) is 2.68. The van der Waals surface area contributed by atoms with Crippen molar-refractivity contribution in [1.82, 2.24) is 9.55 Å². The highest BCUT2D eigenvalue weighted by atomic mass is 35.5. The molecule has 0 bridgehead atoms. The van der Waals surface area contributed by atoms with Gasteiger partial charge in [-0.1, -0.05) is 11.6 Å². The van der Waals surface area contributed by atoms with Gasteiger partial charge in [0, 0.05) is 6.20 Å². The lowest BCUT2D eigenvalue weighted by Crippen LogP contribution is -2.23. The van der Waals surface area contributed by atoms with Crippen LogP contribution in [0.2, 0.25) is 5.15 Å². The molecule has 0 saturated carbocycles. The number of hydrogen-bond acceptors (Lipinski definition) is 2. The standard InChI is InChI=1S/C13H11ClF3N3O/c1-8-5-9(6-18-11(8)14)19-12(21)10-3-2-4-20(10)7-13(15,16)17/h2-6H,7H2,1H3,(H,19,21). The zero-order valence-electron chi connectivity index (χ0n) is 10.9. The van der Waals surface area contributed by atoms with Crippen molar-refractivity contribution in [2.45, 2.75) is 19.6 Å². The Morgan fingerprint density at radius 3 is 2.81 bits per heavy atom. The van der Waals surface area contributed by atoms with E-state index in [1.54, 1.807) is 13.0 Å². The van der Waals surface area contributed by atoms with E-state index in [0.29, 0.717) is 16.4 Å². The van der Waals surface area contributed by atoms with Crippen LogP contribution in [0.1, 0.15) is 16.1 Å². The van der Waals surface area contributed by atoms with Gasteiger partial charge in [0.05, 0.1) is 11.9 Å². The van der Waals surface area contributed by atoms with Crippen molar-refractivity contribution < 1.29 is 18.0 Å². The average Bonchev–Trinajstić information content (AvgIpc) is 2.79. The molecule has 2 rings (SSSR count). The number of halogens is 4. The maximum Gasteiger partial charge on any atom is 0.406 e. The molecule has 0 aliphatic carbocycles. The second kappa shape index (κ2) is 5.77. The number of anilines is 1. The molecule has 0 atom stereocenters. The van der Waals surface area contributed by atoms with E-state index in [4.69, 9.17) is 11.6 Å². The fraction of sp³-hybridized carbons (Fsp3) is 0.231. The van der Waals surface area contributed by atoms with Gasteiger partial charge in [0.25, 0.3) is 5.91 Å². The Labute approximate surface area is 123 Å². The molecule has 1 amide bonds. The van der Waals surface area contributed by atoms with Crippen LogP contribution in [0.4, 0.5) is 18.9 Å². The average molecular weight is 318 g/mol. The molecule has 21 heavy (non-hydrogen) atoms. The van der Waals surface area contributed by atoms with E-state index < -0.39 is 18.6 Å². The van der Waals surface area contributed by atoms with Gasteiger partial charge in [-0.3, -0.25) is 4.79 Å². The summed E-state index contributed by atoms with van der Waals surface area (Å²) in [5, 5.41) is 2.79. The van der Waals surface area contributed by atoms with Crippen molar-refractivity contribution in [3.8, 4) is 0 Å². The van der Waals surface area contributed by atoms with Crippen molar-refractivity contribution in [1.29, 1.82) is 0 Å². The van der Waals surface area contributed by atoms with E-state index in [2.05, 4.69) is 10.3 Å². The Balaban J connectivity index is 2.17. The summed E-state index contributed by atoms with van der Waals surface area (Å²) >= 11 is 5.76. The predicted octanol–water partition coefficient (Wildman–Crippen LogP) is 3.66. The summed E-state index contributed by atoms with van der Waals surface area (Å²) in [5.41, 5.74) is 0.932. The van der Waals surface area contributed by atoms with Gasteiger partial charge in [-0.05, 0) is 30.7 Å². The largest absolute Gasteiger partial charge is 0.406 e. The van der Waals surface area contributed by atoms with Crippen LogP contribution in [0.25, 0.3) is 0 Å². The summed E-state index contributed by atoms with van der Waals surface area (Å²) in [6.45, 7) is 0.484. The van der Waals surface area contributed by atoms with E-state index >= 15 is 0 Å². The van der Waals surface area contributed by atoms with Gasteiger partial charge < -0.3 is 9.88 Å². The number of aryl methyl sites for hydroxylation is 1. The lowest BCUT2D eigenvalue weighted by atomic mass is 10.3. The van der Waals surface area contributed by atoms with Crippen LogP contribution in [0.3, 0.4) is 0 Å². The SMILES string of the molecule is Cc1cc(NC(=O)c2cccn2CC(F)(F)F)cnc1Cl. The van der Waals surface area contributed by atoms with Gasteiger partial charge in [0.2, 0.25) is 0 Å². The Morgan fingerprint density at radius 1 is 1.48 bits per heavy atom. The number of alkyl halides is 3. The Kier molecular flexibility index (Phi) is 4.22. The van der Waals surface area contributed by atoms with Gasteiger partial charge >= 0.3 is 6.18 Å². The van der Waals surface area contributed by atoms with E-state index in [-0.39, 0.29) is 5.69 Å². The highest BCUT2D eigenvalue weighted by Crippen LogP contribution is 2.20. The van der Waals surface area contributed by atoms with E-state index in [9.17, 15) is 18.0 Å². The van der Waals surface area contributed by atoms with Crippen LogP contribution in [0, 0.1) is 6.92 Å². The topological polar surface area (TPSA) is 46.9 Å². The van der Waals surface area contributed by atoms with E-state index in [0.717, 1.165) is 4.57 Å². The van der Waals surface area contributed by atoms with Gasteiger partial charge in [-0.2, -0.15) is 13.2 Å². The van der Waals surface area contributed by atoms with Crippen LogP contribution in [-0.4, -0.2) is 21.6 Å². The first-order chi connectivity index (χ1) is 9.76. The molecule has 0 fully saturated rings.